The van der Waals surface area contributed by atoms with E-state index < -0.39 is 5.97 Å². The summed E-state index contributed by atoms with van der Waals surface area (Å²) in [7, 11) is 0. The van der Waals surface area contributed by atoms with E-state index in [2.05, 4.69) is 11.1 Å². The number of carboxylic acid groups (broad SMARTS) is 1. The van der Waals surface area contributed by atoms with Crippen LogP contribution in [0.2, 0.25) is 0 Å². The lowest BCUT2D eigenvalue weighted by atomic mass is 10.1. The van der Waals surface area contributed by atoms with Gasteiger partial charge in [-0.25, -0.2) is 4.98 Å². The van der Waals surface area contributed by atoms with Crippen LogP contribution in [0.5, 0.6) is 0 Å². The van der Waals surface area contributed by atoms with Gasteiger partial charge in [-0.1, -0.05) is 30.8 Å². The van der Waals surface area contributed by atoms with Gasteiger partial charge in [-0.2, -0.15) is 0 Å². The molecule has 0 aliphatic carbocycles. The largest absolute Gasteiger partial charge is 0.481 e. The van der Waals surface area contributed by atoms with Gasteiger partial charge in [-0.3, -0.25) is 4.79 Å². The summed E-state index contributed by atoms with van der Waals surface area (Å²) in [6.07, 6.45) is 0.220. The zero-order valence-corrected chi connectivity index (χ0v) is 11.1. The summed E-state index contributed by atoms with van der Waals surface area (Å²) < 4.78 is 2.20. The lowest BCUT2D eigenvalue weighted by Crippen LogP contribution is -2.06. The third-order valence-corrected chi connectivity index (χ3v) is 4.80. The highest BCUT2D eigenvalue weighted by molar-refractivity contribution is 8.01. The Morgan fingerprint density at radius 1 is 1.53 bits per heavy atom. The highest BCUT2D eigenvalue weighted by atomic mass is 32.2. The molecule has 5 heteroatoms. The Balaban J connectivity index is 1.97. The molecule has 1 heterocycles. The maximum atomic E-state index is 10.5. The molecule has 90 valence electrons. The van der Waals surface area contributed by atoms with Gasteiger partial charge in [0.2, 0.25) is 0 Å². The first-order chi connectivity index (χ1) is 8.15. The zero-order chi connectivity index (χ0) is 12.3. The van der Waals surface area contributed by atoms with E-state index in [0.29, 0.717) is 0 Å². The number of carbonyl (C=O) groups is 1. The van der Waals surface area contributed by atoms with Crippen molar-refractivity contribution in [3.05, 3.63) is 24.3 Å². The number of thiazole rings is 1. The Morgan fingerprint density at radius 3 is 3.00 bits per heavy atom. The maximum Gasteiger partial charge on any atom is 0.303 e. The van der Waals surface area contributed by atoms with Crippen LogP contribution in [0.4, 0.5) is 0 Å². The SMILES string of the molecule is CC(CSc1nc2ccccc2s1)CC(=O)O. The molecule has 1 atom stereocenters. The molecule has 0 radical (unpaired) electrons. The summed E-state index contributed by atoms with van der Waals surface area (Å²) in [5, 5.41) is 8.67. The first-order valence-electron chi connectivity index (χ1n) is 5.35. The third-order valence-electron chi connectivity index (χ3n) is 2.29. The van der Waals surface area contributed by atoms with Crippen LogP contribution < -0.4 is 0 Å². The Hall–Kier alpha value is -1.07. The Labute approximate surface area is 108 Å². The predicted molar refractivity (Wildman–Crippen MR) is 71.8 cm³/mol. The number of hydrogen-bond donors (Lipinski definition) is 1. The summed E-state index contributed by atoms with van der Waals surface area (Å²) in [6, 6.07) is 8.03. The van der Waals surface area contributed by atoms with Crippen LogP contribution >= 0.6 is 23.1 Å². The van der Waals surface area contributed by atoms with Gasteiger partial charge in [0.1, 0.15) is 0 Å². The maximum absolute atomic E-state index is 10.5. The number of benzene rings is 1. The molecule has 2 rings (SSSR count). The summed E-state index contributed by atoms with van der Waals surface area (Å²) in [4.78, 5) is 15.0. The van der Waals surface area contributed by atoms with E-state index in [1.807, 2.05) is 25.1 Å². The van der Waals surface area contributed by atoms with E-state index in [1.54, 1.807) is 23.1 Å². The molecule has 0 saturated heterocycles. The quantitative estimate of drug-likeness (QED) is 0.842. The average molecular weight is 267 g/mol. The zero-order valence-electron chi connectivity index (χ0n) is 9.42. The van der Waals surface area contributed by atoms with Crippen LogP contribution in [0.3, 0.4) is 0 Å². The first kappa shape index (κ1) is 12.4. The van der Waals surface area contributed by atoms with Gasteiger partial charge in [0, 0.05) is 12.2 Å². The van der Waals surface area contributed by atoms with E-state index >= 15 is 0 Å². The fourth-order valence-electron chi connectivity index (χ4n) is 1.48. The number of thioether (sulfide) groups is 1. The van der Waals surface area contributed by atoms with Crippen molar-refractivity contribution in [2.75, 3.05) is 5.75 Å². The van der Waals surface area contributed by atoms with Crippen molar-refractivity contribution >= 4 is 39.3 Å². The minimum absolute atomic E-state index is 0.171. The van der Waals surface area contributed by atoms with E-state index in [-0.39, 0.29) is 12.3 Å². The van der Waals surface area contributed by atoms with Gasteiger partial charge >= 0.3 is 5.97 Å². The second-order valence-corrected chi connectivity index (χ2v) is 6.26. The molecule has 1 aromatic carbocycles. The standard InChI is InChI=1S/C12H13NO2S2/c1-8(6-11(14)15)7-16-12-13-9-4-2-3-5-10(9)17-12/h2-5,8H,6-7H2,1H3,(H,14,15). The summed E-state index contributed by atoms with van der Waals surface area (Å²) in [5.41, 5.74) is 1.02. The first-order valence-corrected chi connectivity index (χ1v) is 7.15. The van der Waals surface area contributed by atoms with Gasteiger partial charge in [-0.15, -0.1) is 11.3 Å². The third kappa shape index (κ3) is 3.44. The van der Waals surface area contributed by atoms with Gasteiger partial charge in [-0.05, 0) is 18.1 Å². The molecule has 0 aliphatic heterocycles. The fraction of sp³-hybridized carbons (Fsp3) is 0.333. The number of carboxylic acids is 1. The summed E-state index contributed by atoms with van der Waals surface area (Å²) in [6.45, 7) is 1.95. The molecule has 2 aromatic rings. The van der Waals surface area contributed by atoms with E-state index in [1.165, 1.54) is 4.70 Å². The highest BCUT2D eigenvalue weighted by Crippen LogP contribution is 2.30. The molecule has 0 saturated carbocycles. The monoisotopic (exact) mass is 267 g/mol. The molecule has 0 amide bonds. The molecular weight excluding hydrogens is 254 g/mol. The van der Waals surface area contributed by atoms with Gasteiger partial charge in [0.25, 0.3) is 0 Å². The van der Waals surface area contributed by atoms with Crippen molar-refractivity contribution < 1.29 is 9.90 Å². The van der Waals surface area contributed by atoms with Gasteiger partial charge in [0.05, 0.1) is 10.2 Å². The molecule has 1 unspecified atom stereocenters. The van der Waals surface area contributed by atoms with Gasteiger partial charge in [0.15, 0.2) is 4.34 Å². The van der Waals surface area contributed by atoms with E-state index in [4.69, 9.17) is 5.11 Å². The average Bonchev–Trinajstić information content (AvgIpc) is 2.68. The van der Waals surface area contributed by atoms with Crippen LogP contribution in [0.25, 0.3) is 10.2 Å². The van der Waals surface area contributed by atoms with E-state index in [0.717, 1.165) is 15.6 Å². The van der Waals surface area contributed by atoms with Crippen molar-refractivity contribution in [3.63, 3.8) is 0 Å². The highest BCUT2D eigenvalue weighted by Gasteiger charge is 2.10. The van der Waals surface area contributed by atoms with Crippen molar-refractivity contribution in [2.24, 2.45) is 5.92 Å². The fourth-order valence-corrected chi connectivity index (χ4v) is 3.60. The topological polar surface area (TPSA) is 50.2 Å². The number of rotatable bonds is 5. The Bertz CT molecular complexity index is 491. The Morgan fingerprint density at radius 2 is 2.29 bits per heavy atom. The number of para-hydroxylation sites is 1. The van der Waals surface area contributed by atoms with Crippen LogP contribution in [0, 0.1) is 5.92 Å². The minimum Gasteiger partial charge on any atom is -0.481 e. The van der Waals surface area contributed by atoms with Crippen LogP contribution in [-0.2, 0) is 4.79 Å². The molecule has 17 heavy (non-hydrogen) atoms. The lowest BCUT2D eigenvalue weighted by Gasteiger charge is -2.05. The molecular formula is C12H13NO2S2. The number of hydrogen-bond acceptors (Lipinski definition) is 4. The van der Waals surface area contributed by atoms with Crippen molar-refractivity contribution in [1.29, 1.82) is 0 Å². The number of fused-ring (bicyclic) bond motifs is 1. The molecule has 0 fully saturated rings. The van der Waals surface area contributed by atoms with Crippen LogP contribution in [-0.4, -0.2) is 21.8 Å². The summed E-state index contributed by atoms with van der Waals surface area (Å²) >= 11 is 3.30. The predicted octanol–water partition coefficient (Wildman–Crippen LogP) is 3.50. The van der Waals surface area contributed by atoms with Crippen molar-refractivity contribution in [1.82, 2.24) is 4.98 Å². The molecule has 0 bridgehead atoms. The molecule has 1 aromatic heterocycles. The normalized spacial score (nSPS) is 12.8. The second-order valence-electron chi connectivity index (χ2n) is 3.96. The van der Waals surface area contributed by atoms with Crippen molar-refractivity contribution in [2.45, 2.75) is 17.7 Å². The minimum atomic E-state index is -0.734. The summed E-state index contributed by atoms with van der Waals surface area (Å²) in [5.74, 6) is 0.235. The number of aliphatic carboxylic acids is 1. The molecule has 0 spiro atoms. The molecule has 1 N–H and O–H groups in total. The van der Waals surface area contributed by atoms with Crippen LogP contribution in [0.1, 0.15) is 13.3 Å². The smallest absolute Gasteiger partial charge is 0.303 e. The number of aromatic nitrogens is 1. The lowest BCUT2D eigenvalue weighted by molar-refractivity contribution is -0.137. The molecule has 0 aliphatic rings. The molecule has 3 nitrogen and oxygen atoms in total. The second kappa shape index (κ2) is 5.51. The number of nitrogens with zero attached hydrogens (tertiary/aromatic N) is 1. The Kier molecular flexibility index (Phi) is 4.02. The van der Waals surface area contributed by atoms with Crippen LogP contribution in [0.15, 0.2) is 28.6 Å². The van der Waals surface area contributed by atoms with Crippen molar-refractivity contribution in [3.8, 4) is 0 Å². The van der Waals surface area contributed by atoms with Gasteiger partial charge < -0.3 is 5.11 Å². The van der Waals surface area contributed by atoms with E-state index in [9.17, 15) is 4.79 Å².